The maximum Gasteiger partial charge on any atom is 0.333 e. The monoisotopic (exact) mass is 268 g/mol. The molecule has 0 aromatic heterocycles. The smallest absolute Gasteiger partial charge is 0.333 e. The third-order valence-electron chi connectivity index (χ3n) is 2.02. The minimum atomic E-state index is -0.366. The molecular weight excluding hydrogens is 248 g/mol. The summed E-state index contributed by atoms with van der Waals surface area (Å²) in [5.41, 5.74) is 0.869. The summed E-state index contributed by atoms with van der Waals surface area (Å²) in [6, 6.07) is 0. The molecule has 1 aliphatic heterocycles. The Morgan fingerprint density at radius 2 is 1.95 bits per heavy atom. The molecule has 5 heteroatoms. The second-order valence-corrected chi connectivity index (χ2v) is 3.92. The minimum absolute atomic E-state index is 0.142. The van der Waals surface area contributed by atoms with Crippen LogP contribution in [0.4, 0.5) is 0 Å². The first kappa shape index (κ1) is 17.1. The van der Waals surface area contributed by atoms with Crippen LogP contribution in [-0.2, 0) is 23.8 Å². The molecule has 0 spiro atoms. The van der Waals surface area contributed by atoms with E-state index in [2.05, 4.69) is 24.5 Å². The number of carbonyl (C=O) groups is 2. The van der Waals surface area contributed by atoms with Gasteiger partial charge < -0.3 is 14.2 Å². The van der Waals surface area contributed by atoms with E-state index in [-0.39, 0.29) is 18.0 Å². The first-order chi connectivity index (χ1) is 8.92. The fourth-order valence-corrected chi connectivity index (χ4v) is 0.858. The fraction of sp³-hybridized carbons (Fsp3) is 0.429. The number of methoxy groups -OCH3 is 1. The number of ether oxygens (including phenoxy) is 3. The fourth-order valence-electron chi connectivity index (χ4n) is 0.858. The van der Waals surface area contributed by atoms with Gasteiger partial charge in [0.05, 0.1) is 13.7 Å². The maximum absolute atomic E-state index is 10.7. The molecule has 1 rings (SSSR count). The average molecular weight is 268 g/mol. The van der Waals surface area contributed by atoms with Crippen LogP contribution in [0.5, 0.6) is 0 Å². The third-order valence-corrected chi connectivity index (χ3v) is 2.02. The summed E-state index contributed by atoms with van der Waals surface area (Å²) in [6.45, 7) is 13.1. The molecule has 19 heavy (non-hydrogen) atoms. The SMILES string of the molecule is C=C(C)C(=O)OCC1CO1.C=CCC(=C)C(=O)OC. The van der Waals surface area contributed by atoms with Crippen LogP contribution in [0.25, 0.3) is 0 Å². The van der Waals surface area contributed by atoms with Gasteiger partial charge in [-0.1, -0.05) is 19.2 Å². The lowest BCUT2D eigenvalue weighted by atomic mass is 10.2. The van der Waals surface area contributed by atoms with E-state index in [1.54, 1.807) is 13.0 Å². The van der Waals surface area contributed by atoms with Crippen molar-refractivity contribution in [3.8, 4) is 0 Å². The molecule has 0 aliphatic carbocycles. The third kappa shape index (κ3) is 8.79. The number of carbonyl (C=O) groups excluding carboxylic acids is 2. The van der Waals surface area contributed by atoms with Crippen molar-refractivity contribution >= 4 is 11.9 Å². The van der Waals surface area contributed by atoms with Crippen LogP contribution in [0.15, 0.2) is 37.0 Å². The second-order valence-electron chi connectivity index (χ2n) is 3.92. The zero-order valence-corrected chi connectivity index (χ0v) is 11.4. The van der Waals surface area contributed by atoms with E-state index < -0.39 is 0 Å². The van der Waals surface area contributed by atoms with Gasteiger partial charge in [-0.3, -0.25) is 0 Å². The van der Waals surface area contributed by atoms with Gasteiger partial charge in [0.1, 0.15) is 12.7 Å². The van der Waals surface area contributed by atoms with E-state index >= 15 is 0 Å². The Kier molecular flexibility index (Phi) is 8.20. The Morgan fingerprint density at radius 3 is 2.32 bits per heavy atom. The molecular formula is C14H20O5. The van der Waals surface area contributed by atoms with E-state index in [9.17, 15) is 9.59 Å². The Hall–Kier alpha value is -1.88. The highest BCUT2D eigenvalue weighted by molar-refractivity contribution is 5.87. The first-order valence-electron chi connectivity index (χ1n) is 5.73. The number of allylic oxidation sites excluding steroid dienone is 1. The second kappa shape index (κ2) is 9.10. The lowest BCUT2D eigenvalue weighted by Gasteiger charge is -1.99. The molecule has 1 aliphatic rings. The van der Waals surface area contributed by atoms with Crippen molar-refractivity contribution in [2.45, 2.75) is 19.4 Å². The van der Waals surface area contributed by atoms with Crippen LogP contribution >= 0.6 is 0 Å². The average Bonchev–Trinajstić information content (AvgIpc) is 3.19. The van der Waals surface area contributed by atoms with E-state index in [0.29, 0.717) is 30.8 Å². The highest BCUT2D eigenvalue weighted by Crippen LogP contribution is 2.09. The summed E-state index contributed by atoms with van der Waals surface area (Å²) < 4.78 is 14.0. The topological polar surface area (TPSA) is 65.1 Å². The van der Waals surface area contributed by atoms with Gasteiger partial charge >= 0.3 is 11.9 Å². The zero-order chi connectivity index (χ0) is 14.8. The molecule has 1 atom stereocenters. The molecule has 1 fully saturated rings. The van der Waals surface area contributed by atoms with Gasteiger partial charge in [-0.2, -0.15) is 0 Å². The van der Waals surface area contributed by atoms with Gasteiger partial charge in [-0.05, 0) is 13.3 Å². The molecule has 0 aromatic carbocycles. The van der Waals surface area contributed by atoms with Gasteiger partial charge in [0.2, 0.25) is 0 Å². The molecule has 1 heterocycles. The van der Waals surface area contributed by atoms with Gasteiger partial charge in [0.15, 0.2) is 0 Å². The molecule has 0 bridgehead atoms. The predicted molar refractivity (Wildman–Crippen MR) is 71.5 cm³/mol. The highest BCUT2D eigenvalue weighted by Gasteiger charge is 2.24. The predicted octanol–water partition coefficient (Wildman–Crippen LogP) is 1.80. The van der Waals surface area contributed by atoms with Crippen LogP contribution in [0.2, 0.25) is 0 Å². The standard InChI is InChI=1S/C7H10O3.C7H10O2/c1-5(2)7(8)10-4-6-3-9-6;1-4-5-6(2)7(8)9-3/h6H,1,3-4H2,2H3;4H,1-2,5H2,3H3. The van der Waals surface area contributed by atoms with Gasteiger partial charge in [0, 0.05) is 11.1 Å². The Bertz CT molecular complexity index is 366. The summed E-state index contributed by atoms with van der Waals surface area (Å²) in [5, 5.41) is 0. The highest BCUT2D eigenvalue weighted by atomic mass is 16.6. The number of rotatable bonds is 6. The zero-order valence-electron chi connectivity index (χ0n) is 11.4. The minimum Gasteiger partial charge on any atom is -0.466 e. The van der Waals surface area contributed by atoms with Crippen molar-refractivity contribution in [3.05, 3.63) is 37.0 Å². The molecule has 0 saturated carbocycles. The summed E-state index contributed by atoms with van der Waals surface area (Å²) in [7, 11) is 1.33. The Balaban J connectivity index is 0.000000344. The van der Waals surface area contributed by atoms with Crippen molar-refractivity contribution < 1.29 is 23.8 Å². The molecule has 0 amide bonds. The lowest BCUT2D eigenvalue weighted by molar-refractivity contribution is -0.139. The molecule has 5 nitrogen and oxygen atoms in total. The maximum atomic E-state index is 10.7. The van der Waals surface area contributed by atoms with E-state index in [1.807, 2.05) is 0 Å². The number of hydrogen-bond donors (Lipinski definition) is 0. The molecule has 106 valence electrons. The van der Waals surface area contributed by atoms with Gasteiger partial charge in [-0.15, -0.1) is 6.58 Å². The molecule has 0 radical (unpaired) electrons. The van der Waals surface area contributed by atoms with E-state index in [4.69, 9.17) is 9.47 Å². The quantitative estimate of drug-likeness (QED) is 0.318. The van der Waals surface area contributed by atoms with Crippen LogP contribution < -0.4 is 0 Å². The summed E-state index contributed by atoms with van der Waals surface area (Å²) in [4.78, 5) is 21.2. The van der Waals surface area contributed by atoms with Gasteiger partial charge in [0.25, 0.3) is 0 Å². The first-order valence-corrected chi connectivity index (χ1v) is 5.73. The number of epoxide rings is 1. The van der Waals surface area contributed by atoms with Crippen LogP contribution in [-0.4, -0.2) is 38.4 Å². The van der Waals surface area contributed by atoms with Crippen LogP contribution in [0.3, 0.4) is 0 Å². The lowest BCUT2D eigenvalue weighted by Crippen LogP contribution is -2.09. The van der Waals surface area contributed by atoms with Crippen molar-refractivity contribution in [1.29, 1.82) is 0 Å². The summed E-state index contributed by atoms with van der Waals surface area (Å²) in [6.07, 6.45) is 2.25. The van der Waals surface area contributed by atoms with Crippen molar-refractivity contribution in [3.63, 3.8) is 0 Å². The van der Waals surface area contributed by atoms with Crippen molar-refractivity contribution in [2.75, 3.05) is 20.3 Å². The normalized spacial score (nSPS) is 15.4. The Morgan fingerprint density at radius 1 is 1.37 bits per heavy atom. The molecule has 1 saturated heterocycles. The summed E-state index contributed by atoms with van der Waals surface area (Å²) >= 11 is 0. The largest absolute Gasteiger partial charge is 0.466 e. The van der Waals surface area contributed by atoms with E-state index in [0.717, 1.165) is 0 Å². The summed E-state index contributed by atoms with van der Waals surface area (Å²) in [5.74, 6) is -0.703. The molecule has 0 aromatic rings. The molecule has 1 unspecified atom stereocenters. The Labute approximate surface area is 113 Å². The van der Waals surface area contributed by atoms with Crippen molar-refractivity contribution in [1.82, 2.24) is 0 Å². The van der Waals surface area contributed by atoms with E-state index in [1.165, 1.54) is 7.11 Å². The molecule has 0 N–H and O–H groups in total. The van der Waals surface area contributed by atoms with Crippen LogP contribution in [0.1, 0.15) is 13.3 Å². The van der Waals surface area contributed by atoms with Gasteiger partial charge in [-0.25, -0.2) is 9.59 Å². The van der Waals surface area contributed by atoms with Crippen molar-refractivity contribution in [2.24, 2.45) is 0 Å². The number of hydrogen-bond acceptors (Lipinski definition) is 5. The number of esters is 2. The van der Waals surface area contributed by atoms with Crippen LogP contribution in [0, 0.1) is 0 Å².